The van der Waals surface area contributed by atoms with Crippen LogP contribution < -0.4 is 5.32 Å². The van der Waals surface area contributed by atoms with E-state index >= 15 is 0 Å². The molecule has 34 heavy (non-hydrogen) atoms. The van der Waals surface area contributed by atoms with E-state index in [-0.39, 0.29) is 12.0 Å². The zero-order chi connectivity index (χ0) is 24.9. The fourth-order valence-electron chi connectivity index (χ4n) is 4.20. The summed E-state index contributed by atoms with van der Waals surface area (Å²) in [5, 5.41) is 22.8. The maximum absolute atomic E-state index is 14.1. The van der Waals surface area contributed by atoms with Crippen molar-refractivity contribution in [3.63, 3.8) is 0 Å². The van der Waals surface area contributed by atoms with E-state index in [4.69, 9.17) is 0 Å². The second-order valence-corrected chi connectivity index (χ2v) is 10.3. The highest BCUT2D eigenvalue weighted by molar-refractivity contribution is 14.1. The summed E-state index contributed by atoms with van der Waals surface area (Å²) in [5.74, 6) is -1.41. The third-order valence-electron chi connectivity index (χ3n) is 6.07. The van der Waals surface area contributed by atoms with Crippen LogP contribution >= 0.6 is 22.6 Å². The monoisotopic (exact) mass is 569 g/mol. The average molecular weight is 569 g/mol. The van der Waals surface area contributed by atoms with E-state index in [0.29, 0.717) is 17.5 Å². The van der Waals surface area contributed by atoms with Crippen LogP contribution in [0.2, 0.25) is 0 Å². The maximum atomic E-state index is 14.1. The lowest BCUT2D eigenvalue weighted by Crippen LogP contribution is -2.42. The van der Waals surface area contributed by atoms with Crippen LogP contribution in [-0.2, 0) is 6.42 Å². The Morgan fingerprint density at radius 1 is 0.941 bits per heavy atom. The maximum Gasteiger partial charge on any atom is 0.126 e. The van der Waals surface area contributed by atoms with Crippen LogP contribution in [0.5, 0.6) is 0 Å². The SMILES string of the molecule is C[C@H](NC(c1cc(F)cc(F)c1)C(C)(C)C#N)[C@@H](Cc1ccc(I)cc1)c1cccc(C#N)c1. The van der Waals surface area contributed by atoms with Gasteiger partial charge in [-0.2, -0.15) is 10.5 Å². The van der Waals surface area contributed by atoms with Crippen LogP contribution in [0.1, 0.15) is 55.0 Å². The van der Waals surface area contributed by atoms with E-state index in [1.54, 1.807) is 19.9 Å². The van der Waals surface area contributed by atoms with Crippen molar-refractivity contribution >= 4 is 22.6 Å². The molecule has 0 heterocycles. The predicted molar refractivity (Wildman–Crippen MR) is 138 cm³/mol. The van der Waals surface area contributed by atoms with E-state index in [1.165, 1.54) is 12.1 Å². The lowest BCUT2D eigenvalue weighted by molar-refractivity contribution is 0.279. The summed E-state index contributed by atoms with van der Waals surface area (Å²) in [4.78, 5) is 0. The highest BCUT2D eigenvalue weighted by Gasteiger charge is 2.34. The minimum Gasteiger partial charge on any atom is -0.305 e. The van der Waals surface area contributed by atoms with Crippen molar-refractivity contribution in [2.45, 2.75) is 45.2 Å². The Labute approximate surface area is 213 Å². The van der Waals surface area contributed by atoms with Crippen LogP contribution in [0.25, 0.3) is 0 Å². The van der Waals surface area contributed by atoms with Crippen molar-refractivity contribution in [2.24, 2.45) is 5.41 Å². The first-order chi connectivity index (χ1) is 16.1. The van der Waals surface area contributed by atoms with Gasteiger partial charge in [0.1, 0.15) is 11.6 Å². The number of nitriles is 2. The normalized spacial score (nSPS) is 14.0. The number of nitrogens with one attached hydrogen (secondary N) is 1. The molecule has 1 unspecified atom stereocenters. The molecule has 0 fully saturated rings. The van der Waals surface area contributed by atoms with Crippen molar-refractivity contribution in [1.29, 1.82) is 10.5 Å². The van der Waals surface area contributed by atoms with E-state index < -0.39 is 23.1 Å². The fourth-order valence-corrected chi connectivity index (χ4v) is 4.56. The van der Waals surface area contributed by atoms with Gasteiger partial charge in [-0.3, -0.25) is 0 Å². The lowest BCUT2D eigenvalue weighted by atomic mass is 9.79. The molecule has 0 saturated carbocycles. The van der Waals surface area contributed by atoms with Gasteiger partial charge in [0.2, 0.25) is 0 Å². The molecule has 3 atom stereocenters. The van der Waals surface area contributed by atoms with Crippen molar-refractivity contribution in [2.75, 3.05) is 0 Å². The first-order valence-electron chi connectivity index (χ1n) is 11.0. The summed E-state index contributed by atoms with van der Waals surface area (Å²) in [6.07, 6.45) is 0.692. The van der Waals surface area contributed by atoms with Gasteiger partial charge < -0.3 is 5.32 Å². The lowest BCUT2D eigenvalue weighted by Gasteiger charge is -2.35. The highest BCUT2D eigenvalue weighted by atomic mass is 127. The topological polar surface area (TPSA) is 59.6 Å². The van der Waals surface area contributed by atoms with E-state index in [1.807, 2.05) is 37.3 Å². The van der Waals surface area contributed by atoms with Gasteiger partial charge in [-0.25, -0.2) is 8.78 Å². The molecule has 3 nitrogen and oxygen atoms in total. The summed E-state index contributed by atoms with van der Waals surface area (Å²) in [5.41, 5.74) is 2.13. The molecule has 3 aromatic rings. The van der Waals surface area contributed by atoms with E-state index in [0.717, 1.165) is 20.8 Å². The van der Waals surface area contributed by atoms with Gasteiger partial charge in [-0.1, -0.05) is 24.3 Å². The molecule has 0 aliphatic carbocycles. The van der Waals surface area contributed by atoms with Crippen LogP contribution in [0.15, 0.2) is 66.7 Å². The Morgan fingerprint density at radius 3 is 2.18 bits per heavy atom. The smallest absolute Gasteiger partial charge is 0.126 e. The van der Waals surface area contributed by atoms with Crippen molar-refractivity contribution in [1.82, 2.24) is 5.32 Å². The quantitative estimate of drug-likeness (QED) is 0.296. The molecule has 0 saturated heterocycles. The Hall–Kier alpha value is -2.81. The van der Waals surface area contributed by atoms with Gasteiger partial charge in [0.15, 0.2) is 0 Å². The number of hydrogen-bond donors (Lipinski definition) is 1. The summed E-state index contributed by atoms with van der Waals surface area (Å²) in [7, 11) is 0. The van der Waals surface area contributed by atoms with Gasteiger partial charge in [0.05, 0.1) is 29.2 Å². The second kappa shape index (κ2) is 11.1. The number of rotatable bonds is 8. The van der Waals surface area contributed by atoms with Crippen LogP contribution in [0.3, 0.4) is 0 Å². The standard InChI is InChI=1S/C28H26F2IN3/c1-18(34-27(28(2,3)17-33)22-13-23(29)15-24(30)14-22)26(12-19-7-9-25(31)10-8-19)21-6-4-5-20(11-21)16-32/h4-11,13-15,18,26-27,34H,12H2,1-3H3/t18-,26+,27?/m0/s1. The first-order valence-corrected chi connectivity index (χ1v) is 12.1. The summed E-state index contributed by atoms with van der Waals surface area (Å²) in [6.45, 7) is 5.52. The minimum atomic E-state index is -0.934. The zero-order valence-corrected chi connectivity index (χ0v) is 21.5. The molecular formula is C28H26F2IN3. The van der Waals surface area contributed by atoms with Crippen LogP contribution in [-0.4, -0.2) is 6.04 Å². The second-order valence-electron chi connectivity index (χ2n) is 9.10. The molecule has 174 valence electrons. The van der Waals surface area contributed by atoms with Gasteiger partial charge >= 0.3 is 0 Å². The molecule has 0 radical (unpaired) electrons. The number of nitrogens with zero attached hydrogens (tertiary/aromatic N) is 2. The van der Waals surface area contributed by atoms with Gasteiger partial charge in [-0.15, -0.1) is 0 Å². The Balaban J connectivity index is 2.02. The van der Waals surface area contributed by atoms with Gasteiger partial charge in [-0.05, 0) is 103 Å². The molecule has 6 heteroatoms. The average Bonchev–Trinajstić information content (AvgIpc) is 2.81. The molecule has 0 bridgehead atoms. The largest absolute Gasteiger partial charge is 0.305 e. The molecule has 0 aliphatic heterocycles. The summed E-state index contributed by atoms with van der Waals surface area (Å²) < 4.78 is 29.3. The molecule has 1 N–H and O–H groups in total. The molecule has 0 spiro atoms. The molecular weight excluding hydrogens is 543 g/mol. The molecule has 0 aliphatic rings. The van der Waals surface area contributed by atoms with Crippen molar-refractivity contribution in [3.8, 4) is 12.1 Å². The molecule has 3 rings (SSSR count). The number of halogens is 3. The molecule has 0 amide bonds. The van der Waals surface area contributed by atoms with E-state index in [9.17, 15) is 19.3 Å². The summed E-state index contributed by atoms with van der Waals surface area (Å²) in [6, 6.07) is 22.8. The number of hydrogen-bond acceptors (Lipinski definition) is 3. The van der Waals surface area contributed by atoms with Gasteiger partial charge in [0.25, 0.3) is 0 Å². The minimum absolute atomic E-state index is 0.0521. The summed E-state index contributed by atoms with van der Waals surface area (Å²) >= 11 is 2.26. The Kier molecular flexibility index (Phi) is 8.41. The third-order valence-corrected chi connectivity index (χ3v) is 6.79. The zero-order valence-electron chi connectivity index (χ0n) is 19.3. The van der Waals surface area contributed by atoms with Crippen molar-refractivity contribution < 1.29 is 8.78 Å². The van der Waals surface area contributed by atoms with Crippen LogP contribution in [0.4, 0.5) is 8.78 Å². The van der Waals surface area contributed by atoms with Crippen LogP contribution in [0, 0.1) is 43.3 Å². The van der Waals surface area contributed by atoms with Crippen molar-refractivity contribution in [3.05, 3.63) is 104 Å². The molecule has 0 aromatic heterocycles. The van der Waals surface area contributed by atoms with E-state index in [2.05, 4.69) is 52.2 Å². The highest BCUT2D eigenvalue weighted by Crippen LogP contribution is 2.36. The van der Waals surface area contributed by atoms with Gasteiger partial charge in [0, 0.05) is 21.6 Å². The number of benzene rings is 3. The Morgan fingerprint density at radius 2 is 1.59 bits per heavy atom. The predicted octanol–water partition coefficient (Wildman–Crippen LogP) is 7.04. The molecule has 3 aromatic carbocycles. The first kappa shape index (κ1) is 25.8. The Bertz CT molecular complexity index is 1210. The fraction of sp³-hybridized carbons (Fsp3) is 0.286. The third kappa shape index (κ3) is 6.40.